The number of benzene rings is 2. The summed E-state index contributed by atoms with van der Waals surface area (Å²) in [6, 6.07) is 19.0. The van der Waals surface area contributed by atoms with Gasteiger partial charge in [0.25, 0.3) is 0 Å². The van der Waals surface area contributed by atoms with Crippen molar-refractivity contribution in [3.63, 3.8) is 0 Å². The smallest absolute Gasteiger partial charge is 0.123 e. The Morgan fingerprint density at radius 3 is 1.46 bits per heavy atom. The minimum atomic E-state index is -0.459. The van der Waals surface area contributed by atoms with Gasteiger partial charge in [-0.15, -0.1) is 11.8 Å². The molecule has 24 heavy (non-hydrogen) atoms. The second-order valence-electron chi connectivity index (χ2n) is 5.32. The fraction of sp³-hybridized carbons (Fsp3) is 0.222. The highest BCUT2D eigenvalue weighted by molar-refractivity contribution is 8.01. The Morgan fingerprint density at radius 2 is 1.12 bits per heavy atom. The highest BCUT2D eigenvalue weighted by Crippen LogP contribution is 2.46. The lowest BCUT2D eigenvalue weighted by molar-refractivity contribution is -0.0126. The van der Waals surface area contributed by atoms with Gasteiger partial charge >= 0.3 is 0 Å². The van der Waals surface area contributed by atoms with Crippen molar-refractivity contribution in [3.05, 3.63) is 69.7 Å². The molecule has 2 aromatic carbocycles. The van der Waals surface area contributed by atoms with E-state index in [-0.39, 0.29) is 0 Å². The standard InChI is InChI=1S/C18H12Cl2N2OS/c19-13-5-1-11(2-6-13)17-15(9-21)24-16(10-22)18(23-17)12-3-7-14(20)8-4-12/h1-8,15-18H/t15-,16+,17-,18-/m0/s1. The summed E-state index contributed by atoms with van der Waals surface area (Å²) in [6.45, 7) is 0. The monoisotopic (exact) mass is 374 g/mol. The van der Waals surface area contributed by atoms with Gasteiger partial charge in [0, 0.05) is 10.0 Å². The number of nitriles is 2. The minimum absolute atomic E-state index is 0.428. The lowest BCUT2D eigenvalue weighted by Gasteiger charge is -2.36. The molecule has 1 aliphatic rings. The maximum absolute atomic E-state index is 9.48. The molecular weight excluding hydrogens is 363 g/mol. The molecule has 6 heteroatoms. The van der Waals surface area contributed by atoms with Gasteiger partial charge in [0.1, 0.15) is 22.7 Å². The molecule has 0 N–H and O–H groups in total. The summed E-state index contributed by atoms with van der Waals surface area (Å²) < 4.78 is 6.19. The first kappa shape index (κ1) is 17.1. The number of ether oxygens (including phenoxy) is 1. The highest BCUT2D eigenvalue weighted by atomic mass is 35.5. The number of rotatable bonds is 2. The molecule has 3 nitrogen and oxygen atoms in total. The van der Waals surface area contributed by atoms with Crippen molar-refractivity contribution in [3.8, 4) is 12.1 Å². The third kappa shape index (κ3) is 3.53. The van der Waals surface area contributed by atoms with Crippen molar-refractivity contribution in [1.82, 2.24) is 0 Å². The fourth-order valence-electron chi connectivity index (χ4n) is 2.61. The molecule has 2 aromatic rings. The van der Waals surface area contributed by atoms with Crippen molar-refractivity contribution in [1.29, 1.82) is 10.5 Å². The summed E-state index contributed by atoms with van der Waals surface area (Å²) in [5.74, 6) is 0. The van der Waals surface area contributed by atoms with E-state index < -0.39 is 22.7 Å². The van der Waals surface area contributed by atoms with Gasteiger partial charge in [-0.05, 0) is 35.4 Å². The van der Waals surface area contributed by atoms with Crippen LogP contribution in [0.4, 0.5) is 0 Å². The molecule has 0 unspecified atom stereocenters. The van der Waals surface area contributed by atoms with Crippen LogP contribution in [-0.2, 0) is 4.74 Å². The molecule has 0 spiro atoms. The van der Waals surface area contributed by atoms with Crippen molar-refractivity contribution in [2.45, 2.75) is 22.7 Å². The van der Waals surface area contributed by atoms with Crippen molar-refractivity contribution >= 4 is 35.0 Å². The van der Waals surface area contributed by atoms with Crippen LogP contribution in [0, 0.1) is 22.7 Å². The van der Waals surface area contributed by atoms with Crippen LogP contribution in [0.1, 0.15) is 23.3 Å². The topological polar surface area (TPSA) is 56.8 Å². The average Bonchev–Trinajstić information content (AvgIpc) is 2.62. The van der Waals surface area contributed by atoms with Gasteiger partial charge < -0.3 is 4.74 Å². The van der Waals surface area contributed by atoms with E-state index in [0.717, 1.165) is 11.1 Å². The van der Waals surface area contributed by atoms with Gasteiger partial charge in [0.05, 0.1) is 12.1 Å². The molecule has 0 aliphatic carbocycles. The van der Waals surface area contributed by atoms with Gasteiger partial charge in [0.15, 0.2) is 0 Å². The third-order valence-corrected chi connectivity index (χ3v) is 5.58. The normalized spacial score (nSPS) is 26.3. The van der Waals surface area contributed by atoms with E-state index in [1.54, 1.807) is 24.3 Å². The summed E-state index contributed by atoms with van der Waals surface area (Å²) in [5.41, 5.74) is 1.74. The van der Waals surface area contributed by atoms with Crippen LogP contribution >= 0.6 is 35.0 Å². The second-order valence-corrected chi connectivity index (χ2v) is 7.48. The molecule has 3 rings (SSSR count). The van der Waals surface area contributed by atoms with Crippen LogP contribution in [0.3, 0.4) is 0 Å². The van der Waals surface area contributed by atoms with E-state index in [2.05, 4.69) is 12.1 Å². The molecular formula is C18H12Cl2N2OS. The molecule has 0 bridgehead atoms. The molecule has 0 amide bonds. The van der Waals surface area contributed by atoms with E-state index in [4.69, 9.17) is 27.9 Å². The average molecular weight is 375 g/mol. The van der Waals surface area contributed by atoms with E-state index in [1.165, 1.54) is 11.8 Å². The molecule has 0 radical (unpaired) electrons. The number of hydrogen-bond donors (Lipinski definition) is 0. The Labute approximate surface area is 154 Å². The van der Waals surface area contributed by atoms with E-state index in [9.17, 15) is 10.5 Å². The molecule has 0 aromatic heterocycles. The predicted molar refractivity (Wildman–Crippen MR) is 95.9 cm³/mol. The highest BCUT2D eigenvalue weighted by Gasteiger charge is 2.40. The minimum Gasteiger partial charge on any atom is -0.361 e. The van der Waals surface area contributed by atoms with Crippen molar-refractivity contribution in [2.24, 2.45) is 0 Å². The number of nitrogens with zero attached hydrogens (tertiary/aromatic N) is 2. The predicted octanol–water partition coefficient (Wildman–Crippen LogP) is 5.32. The van der Waals surface area contributed by atoms with Crippen molar-refractivity contribution in [2.75, 3.05) is 0 Å². The lowest BCUT2D eigenvalue weighted by Crippen LogP contribution is -2.32. The molecule has 1 aliphatic heterocycles. The summed E-state index contributed by atoms with van der Waals surface area (Å²) in [7, 11) is 0. The molecule has 1 fully saturated rings. The Morgan fingerprint density at radius 1 is 0.750 bits per heavy atom. The van der Waals surface area contributed by atoms with Gasteiger partial charge in [0.2, 0.25) is 0 Å². The van der Waals surface area contributed by atoms with Gasteiger partial charge in [-0.3, -0.25) is 0 Å². The number of halogens is 2. The molecule has 1 saturated heterocycles. The van der Waals surface area contributed by atoms with Crippen LogP contribution in [0.2, 0.25) is 10.0 Å². The Kier molecular flexibility index (Phi) is 5.33. The zero-order chi connectivity index (χ0) is 17.1. The Bertz CT molecular complexity index is 728. The van der Waals surface area contributed by atoms with E-state index in [1.807, 2.05) is 24.3 Å². The van der Waals surface area contributed by atoms with E-state index in [0.29, 0.717) is 10.0 Å². The zero-order valence-electron chi connectivity index (χ0n) is 12.4. The first-order chi connectivity index (χ1) is 11.6. The Hall–Kier alpha value is -1.69. The zero-order valence-corrected chi connectivity index (χ0v) is 14.7. The van der Waals surface area contributed by atoms with Crippen LogP contribution in [-0.4, -0.2) is 10.5 Å². The second kappa shape index (κ2) is 7.47. The molecule has 120 valence electrons. The quantitative estimate of drug-likeness (QED) is 0.713. The first-order valence-corrected chi connectivity index (χ1v) is 8.93. The Balaban J connectivity index is 1.95. The first-order valence-electron chi connectivity index (χ1n) is 7.23. The van der Waals surface area contributed by atoms with Crippen LogP contribution in [0.5, 0.6) is 0 Å². The number of thioether (sulfide) groups is 1. The lowest BCUT2D eigenvalue weighted by atomic mass is 10.0. The SMILES string of the molecule is N#C[C@@H]1S[C@H](C#N)[C@H](c2ccc(Cl)cc2)O[C@H]1c1ccc(Cl)cc1. The summed E-state index contributed by atoms with van der Waals surface area (Å²) in [5, 5.41) is 19.3. The summed E-state index contributed by atoms with van der Waals surface area (Å²) in [4.78, 5) is 0. The van der Waals surface area contributed by atoms with Crippen molar-refractivity contribution < 1.29 is 4.74 Å². The number of hydrogen-bond acceptors (Lipinski definition) is 4. The summed E-state index contributed by atoms with van der Waals surface area (Å²) in [6.07, 6.45) is -0.856. The van der Waals surface area contributed by atoms with Crippen LogP contribution in [0.15, 0.2) is 48.5 Å². The molecule has 4 atom stereocenters. The van der Waals surface area contributed by atoms with Gasteiger partial charge in [-0.25, -0.2) is 0 Å². The maximum atomic E-state index is 9.48. The van der Waals surface area contributed by atoms with Gasteiger partial charge in [-0.2, -0.15) is 10.5 Å². The third-order valence-electron chi connectivity index (χ3n) is 3.79. The maximum Gasteiger partial charge on any atom is 0.123 e. The van der Waals surface area contributed by atoms with Gasteiger partial charge in [-0.1, -0.05) is 47.5 Å². The van der Waals surface area contributed by atoms with Crippen LogP contribution in [0.25, 0.3) is 0 Å². The fourth-order valence-corrected chi connectivity index (χ4v) is 4.03. The van der Waals surface area contributed by atoms with Crippen LogP contribution < -0.4 is 0 Å². The molecule has 1 heterocycles. The van der Waals surface area contributed by atoms with E-state index >= 15 is 0 Å². The largest absolute Gasteiger partial charge is 0.361 e. The summed E-state index contributed by atoms with van der Waals surface area (Å²) >= 11 is 13.2. The molecule has 0 saturated carbocycles.